The summed E-state index contributed by atoms with van der Waals surface area (Å²) in [6.07, 6.45) is 4.35. The van der Waals surface area contributed by atoms with Gasteiger partial charge in [0, 0.05) is 28.8 Å². The van der Waals surface area contributed by atoms with Gasteiger partial charge in [0.1, 0.15) is 18.2 Å². The summed E-state index contributed by atoms with van der Waals surface area (Å²) < 4.78 is 15.6. The maximum absolute atomic E-state index is 14.2. The Morgan fingerprint density at radius 3 is 2.55 bits per heavy atom. The summed E-state index contributed by atoms with van der Waals surface area (Å²) in [5, 5.41) is 16.8. The molecule has 3 aromatic carbocycles. The van der Waals surface area contributed by atoms with E-state index in [-0.39, 0.29) is 17.7 Å². The molecule has 4 rings (SSSR count). The van der Waals surface area contributed by atoms with Crippen LogP contribution in [0.3, 0.4) is 0 Å². The summed E-state index contributed by atoms with van der Waals surface area (Å²) in [6, 6.07) is 16.6. The minimum absolute atomic E-state index is 0.102. The molecular formula is C26H21ClFN7O3. The Kier molecular flexibility index (Phi) is 8.19. The van der Waals surface area contributed by atoms with Gasteiger partial charge in [-0.1, -0.05) is 41.9 Å². The van der Waals surface area contributed by atoms with Crippen LogP contribution in [0.5, 0.6) is 0 Å². The molecule has 1 unspecified atom stereocenters. The predicted octanol–water partition coefficient (Wildman–Crippen LogP) is 2.93. The van der Waals surface area contributed by atoms with Crippen molar-refractivity contribution in [1.29, 1.82) is 0 Å². The largest absolute Gasteiger partial charge is 0.366 e. The lowest BCUT2D eigenvalue weighted by Gasteiger charge is -2.18. The van der Waals surface area contributed by atoms with E-state index in [0.717, 1.165) is 11.6 Å². The number of nitrogens with zero attached hydrogens (tertiary/aromatic N) is 4. The van der Waals surface area contributed by atoms with Crippen molar-refractivity contribution in [2.45, 2.75) is 12.5 Å². The molecule has 12 heteroatoms. The molecule has 0 radical (unpaired) electrons. The lowest BCUT2D eigenvalue weighted by atomic mass is 10.0. The lowest BCUT2D eigenvalue weighted by molar-refractivity contribution is -0.123. The molecule has 0 aliphatic rings. The number of anilines is 1. The second kappa shape index (κ2) is 11.9. The van der Waals surface area contributed by atoms with Crippen LogP contribution in [-0.2, 0) is 16.0 Å². The van der Waals surface area contributed by atoms with Gasteiger partial charge in [0.05, 0.1) is 11.3 Å². The number of rotatable bonds is 9. The van der Waals surface area contributed by atoms with Gasteiger partial charge in [-0.2, -0.15) is 4.68 Å². The molecule has 0 aliphatic carbocycles. The van der Waals surface area contributed by atoms with Gasteiger partial charge >= 0.3 is 0 Å². The number of hydrogen-bond donors (Lipinski definition) is 3. The molecule has 4 N–H and O–H groups in total. The van der Waals surface area contributed by atoms with Gasteiger partial charge in [0.2, 0.25) is 11.8 Å². The second-order valence-electron chi connectivity index (χ2n) is 8.09. The summed E-state index contributed by atoms with van der Waals surface area (Å²) in [4.78, 5) is 37.2. The summed E-state index contributed by atoms with van der Waals surface area (Å²) in [7, 11) is 0. The fraction of sp³-hybridized carbons (Fsp3) is 0.0769. The first kappa shape index (κ1) is 26.2. The van der Waals surface area contributed by atoms with Gasteiger partial charge in [-0.25, -0.2) is 4.39 Å². The van der Waals surface area contributed by atoms with Crippen LogP contribution in [0.2, 0.25) is 5.02 Å². The van der Waals surface area contributed by atoms with Gasteiger partial charge in [0.15, 0.2) is 0 Å². The molecule has 38 heavy (non-hydrogen) atoms. The second-order valence-corrected chi connectivity index (χ2v) is 8.53. The zero-order valence-electron chi connectivity index (χ0n) is 19.7. The molecule has 1 atom stereocenters. The smallest absolute Gasteiger partial charge is 0.251 e. The van der Waals surface area contributed by atoms with E-state index >= 15 is 0 Å². The molecule has 192 valence electrons. The Bertz CT molecular complexity index is 1490. The van der Waals surface area contributed by atoms with Gasteiger partial charge < -0.3 is 16.4 Å². The Morgan fingerprint density at radius 2 is 1.87 bits per heavy atom. The monoisotopic (exact) mass is 533 g/mol. The first-order chi connectivity index (χ1) is 18.3. The minimum Gasteiger partial charge on any atom is -0.366 e. The van der Waals surface area contributed by atoms with Gasteiger partial charge in [0.25, 0.3) is 5.91 Å². The molecule has 1 aromatic heterocycles. The van der Waals surface area contributed by atoms with Crippen molar-refractivity contribution in [3.63, 3.8) is 0 Å². The van der Waals surface area contributed by atoms with Crippen molar-refractivity contribution in [3.05, 3.63) is 107 Å². The molecule has 1 heterocycles. The Morgan fingerprint density at radius 1 is 1.08 bits per heavy atom. The van der Waals surface area contributed by atoms with Gasteiger partial charge in [-0.3, -0.25) is 14.4 Å². The molecule has 0 aliphatic heterocycles. The molecule has 0 spiro atoms. The van der Waals surface area contributed by atoms with Crippen LogP contribution in [0, 0.1) is 5.82 Å². The standard InChI is InChI=1S/C26H21ClFN7O3/c27-18-7-10-23(35-15-30-33-34-35)17(13-18)6-11-24(36)32-22(12-16-4-2-1-3-5-16)26(38)31-19-8-9-20(25(29)37)21(28)14-19/h1-11,13-15,22H,12H2,(H2,29,37)(H,31,38)(H,32,36). The Hall–Kier alpha value is -4.90. The van der Waals surface area contributed by atoms with Gasteiger partial charge in [-0.05, 0) is 58.5 Å². The van der Waals surface area contributed by atoms with Crippen LogP contribution in [-0.4, -0.2) is 44.0 Å². The van der Waals surface area contributed by atoms with Crippen LogP contribution in [0.4, 0.5) is 10.1 Å². The van der Waals surface area contributed by atoms with Crippen molar-refractivity contribution in [2.24, 2.45) is 5.73 Å². The average Bonchev–Trinajstić information content (AvgIpc) is 3.42. The number of tetrazole rings is 1. The highest BCUT2D eigenvalue weighted by molar-refractivity contribution is 6.30. The molecule has 0 saturated heterocycles. The number of carbonyl (C=O) groups is 3. The highest BCUT2D eigenvalue weighted by Crippen LogP contribution is 2.20. The Balaban J connectivity index is 1.53. The maximum atomic E-state index is 14.2. The van der Waals surface area contributed by atoms with Crippen LogP contribution >= 0.6 is 11.6 Å². The molecular weight excluding hydrogens is 513 g/mol. The molecule has 10 nitrogen and oxygen atoms in total. The SMILES string of the molecule is NC(=O)c1ccc(NC(=O)C(Cc2ccccc2)NC(=O)C=Cc2cc(Cl)ccc2-n2cnnn2)cc1F. The molecule has 4 aromatic rings. The first-order valence-electron chi connectivity index (χ1n) is 11.3. The maximum Gasteiger partial charge on any atom is 0.251 e. The summed E-state index contributed by atoms with van der Waals surface area (Å²) >= 11 is 6.12. The zero-order chi connectivity index (χ0) is 27.1. The first-order valence-corrected chi connectivity index (χ1v) is 11.6. The molecule has 3 amide bonds. The van der Waals surface area contributed by atoms with Crippen molar-refractivity contribution in [2.75, 3.05) is 5.32 Å². The van der Waals surface area contributed by atoms with E-state index in [0.29, 0.717) is 16.3 Å². The highest BCUT2D eigenvalue weighted by Gasteiger charge is 2.21. The van der Waals surface area contributed by atoms with E-state index in [1.807, 2.05) is 30.3 Å². The molecule has 0 bridgehead atoms. The predicted molar refractivity (Wildman–Crippen MR) is 139 cm³/mol. The van der Waals surface area contributed by atoms with Crippen molar-refractivity contribution in [3.8, 4) is 5.69 Å². The van der Waals surface area contributed by atoms with Crippen LogP contribution in [0.15, 0.2) is 79.1 Å². The van der Waals surface area contributed by atoms with Crippen molar-refractivity contribution >= 4 is 41.1 Å². The quantitative estimate of drug-likeness (QED) is 0.282. The normalized spacial score (nSPS) is 11.7. The third kappa shape index (κ3) is 6.65. The van der Waals surface area contributed by atoms with Crippen LogP contribution in [0.1, 0.15) is 21.5 Å². The molecule has 0 fully saturated rings. The summed E-state index contributed by atoms with van der Waals surface area (Å²) in [5.74, 6) is -2.94. The van der Waals surface area contributed by atoms with Crippen LogP contribution < -0.4 is 16.4 Å². The number of nitrogens with one attached hydrogen (secondary N) is 2. The van der Waals surface area contributed by atoms with Crippen molar-refractivity contribution < 1.29 is 18.8 Å². The number of primary amides is 1. The minimum atomic E-state index is -1.01. The van der Waals surface area contributed by atoms with E-state index in [4.69, 9.17) is 17.3 Å². The fourth-order valence-electron chi connectivity index (χ4n) is 3.61. The topological polar surface area (TPSA) is 145 Å². The third-order valence-electron chi connectivity index (χ3n) is 5.42. The average molecular weight is 534 g/mol. The number of nitrogens with two attached hydrogens (primary N) is 1. The number of hydrogen-bond acceptors (Lipinski definition) is 6. The van der Waals surface area contributed by atoms with Crippen molar-refractivity contribution in [1.82, 2.24) is 25.5 Å². The van der Waals surface area contributed by atoms with E-state index in [9.17, 15) is 18.8 Å². The van der Waals surface area contributed by atoms with E-state index in [1.165, 1.54) is 35.3 Å². The molecule has 0 saturated carbocycles. The van der Waals surface area contributed by atoms with E-state index < -0.39 is 29.6 Å². The van der Waals surface area contributed by atoms with E-state index in [2.05, 4.69) is 26.2 Å². The summed E-state index contributed by atoms with van der Waals surface area (Å²) in [6.45, 7) is 0. The summed E-state index contributed by atoms with van der Waals surface area (Å²) in [5.41, 5.74) is 6.88. The number of benzene rings is 3. The fourth-order valence-corrected chi connectivity index (χ4v) is 3.79. The lowest BCUT2D eigenvalue weighted by Crippen LogP contribution is -2.44. The Labute approximate surface area is 221 Å². The number of aromatic nitrogens is 4. The highest BCUT2D eigenvalue weighted by atomic mass is 35.5. The number of carbonyl (C=O) groups excluding carboxylic acids is 3. The van der Waals surface area contributed by atoms with Gasteiger partial charge in [-0.15, -0.1) is 5.10 Å². The third-order valence-corrected chi connectivity index (χ3v) is 5.65. The zero-order valence-corrected chi connectivity index (χ0v) is 20.5. The number of amides is 3. The number of halogens is 2. The van der Waals surface area contributed by atoms with Crippen LogP contribution in [0.25, 0.3) is 11.8 Å². The van der Waals surface area contributed by atoms with E-state index in [1.54, 1.807) is 18.2 Å².